The molecule has 0 fully saturated rings. The first-order chi connectivity index (χ1) is 6.42. The van der Waals surface area contributed by atoms with Crippen LogP contribution in [-0.4, -0.2) is 5.78 Å². The standard InChI is InChI=1S/C13H20O/c1-10-5-7-12(8-6-11(2)14)13(3,4)9-10/h6,8-9,12H,5,7H2,1-4H3/b8-6+. The Balaban J connectivity index is 2.77. The molecular weight excluding hydrogens is 172 g/mol. The van der Waals surface area contributed by atoms with E-state index < -0.39 is 0 Å². The van der Waals surface area contributed by atoms with E-state index in [1.807, 2.05) is 0 Å². The third-order valence-corrected chi connectivity index (χ3v) is 2.99. The summed E-state index contributed by atoms with van der Waals surface area (Å²) in [6.45, 7) is 8.27. The van der Waals surface area contributed by atoms with Gasteiger partial charge in [-0.2, -0.15) is 0 Å². The highest BCUT2D eigenvalue weighted by molar-refractivity contribution is 5.87. The second-order valence-electron chi connectivity index (χ2n) is 4.93. The van der Waals surface area contributed by atoms with E-state index in [2.05, 4.69) is 32.9 Å². The third kappa shape index (κ3) is 2.83. The molecule has 0 radical (unpaired) electrons. The smallest absolute Gasteiger partial charge is 0.152 e. The van der Waals surface area contributed by atoms with Gasteiger partial charge in [0.15, 0.2) is 5.78 Å². The summed E-state index contributed by atoms with van der Waals surface area (Å²) in [5.41, 5.74) is 1.68. The SMILES string of the molecule is CC(=O)/C=C/C1CCC(C)=CC1(C)C. The van der Waals surface area contributed by atoms with E-state index in [4.69, 9.17) is 0 Å². The lowest BCUT2D eigenvalue weighted by molar-refractivity contribution is -0.112. The summed E-state index contributed by atoms with van der Waals surface area (Å²) in [6, 6.07) is 0. The molecule has 0 aliphatic heterocycles. The first-order valence-electron chi connectivity index (χ1n) is 5.29. The number of ketones is 1. The summed E-state index contributed by atoms with van der Waals surface area (Å²) in [4.78, 5) is 10.9. The first kappa shape index (κ1) is 11.2. The van der Waals surface area contributed by atoms with Crippen molar-refractivity contribution in [1.82, 2.24) is 0 Å². The average Bonchev–Trinajstić information content (AvgIpc) is 2.00. The predicted molar refractivity (Wildman–Crippen MR) is 60.1 cm³/mol. The minimum Gasteiger partial charge on any atom is -0.295 e. The van der Waals surface area contributed by atoms with Crippen molar-refractivity contribution in [2.75, 3.05) is 0 Å². The van der Waals surface area contributed by atoms with E-state index in [0.717, 1.165) is 6.42 Å². The summed E-state index contributed by atoms with van der Waals surface area (Å²) in [6.07, 6.45) is 8.45. The summed E-state index contributed by atoms with van der Waals surface area (Å²) < 4.78 is 0. The van der Waals surface area contributed by atoms with Crippen molar-refractivity contribution in [3.63, 3.8) is 0 Å². The van der Waals surface area contributed by atoms with Crippen LogP contribution in [0.3, 0.4) is 0 Å². The fourth-order valence-corrected chi connectivity index (χ4v) is 2.17. The molecule has 0 N–H and O–H groups in total. The maximum Gasteiger partial charge on any atom is 0.152 e. The van der Waals surface area contributed by atoms with Crippen molar-refractivity contribution in [3.8, 4) is 0 Å². The molecule has 0 spiro atoms. The molecule has 0 aromatic heterocycles. The maximum absolute atomic E-state index is 10.9. The number of hydrogen-bond donors (Lipinski definition) is 0. The van der Waals surface area contributed by atoms with Gasteiger partial charge < -0.3 is 0 Å². The Hall–Kier alpha value is -0.850. The van der Waals surface area contributed by atoms with Crippen LogP contribution in [0.2, 0.25) is 0 Å². The minimum atomic E-state index is 0.145. The molecule has 1 heteroatoms. The third-order valence-electron chi connectivity index (χ3n) is 2.99. The molecule has 0 bridgehead atoms. The summed E-state index contributed by atoms with van der Waals surface area (Å²) in [7, 11) is 0. The topological polar surface area (TPSA) is 17.1 Å². The van der Waals surface area contributed by atoms with Gasteiger partial charge in [0.2, 0.25) is 0 Å². The van der Waals surface area contributed by atoms with Gasteiger partial charge in [-0.25, -0.2) is 0 Å². The van der Waals surface area contributed by atoms with Crippen LogP contribution >= 0.6 is 0 Å². The highest BCUT2D eigenvalue weighted by atomic mass is 16.1. The molecule has 1 aliphatic rings. The van der Waals surface area contributed by atoms with Gasteiger partial charge in [-0.1, -0.05) is 31.6 Å². The van der Waals surface area contributed by atoms with Crippen LogP contribution < -0.4 is 0 Å². The van der Waals surface area contributed by atoms with Gasteiger partial charge in [0.25, 0.3) is 0 Å². The number of rotatable bonds is 2. The molecule has 0 saturated heterocycles. The van der Waals surface area contributed by atoms with E-state index in [1.54, 1.807) is 13.0 Å². The maximum atomic E-state index is 10.9. The van der Waals surface area contributed by atoms with E-state index in [1.165, 1.54) is 12.0 Å². The fraction of sp³-hybridized carbons (Fsp3) is 0.615. The van der Waals surface area contributed by atoms with Gasteiger partial charge >= 0.3 is 0 Å². The molecule has 1 aliphatic carbocycles. The zero-order chi connectivity index (χ0) is 10.8. The summed E-state index contributed by atoms with van der Waals surface area (Å²) >= 11 is 0. The van der Waals surface area contributed by atoms with Crippen LogP contribution in [0.1, 0.15) is 40.5 Å². The van der Waals surface area contributed by atoms with Crippen molar-refractivity contribution in [3.05, 3.63) is 23.8 Å². The van der Waals surface area contributed by atoms with Crippen molar-refractivity contribution in [1.29, 1.82) is 0 Å². The summed E-state index contributed by atoms with van der Waals surface area (Å²) in [5, 5.41) is 0. The predicted octanol–water partition coefficient (Wildman–Crippen LogP) is 3.51. The highest BCUT2D eigenvalue weighted by Gasteiger charge is 2.28. The molecule has 0 saturated carbocycles. The van der Waals surface area contributed by atoms with Gasteiger partial charge in [-0.15, -0.1) is 0 Å². The molecule has 0 heterocycles. The first-order valence-corrected chi connectivity index (χ1v) is 5.29. The Kier molecular flexibility index (Phi) is 3.30. The van der Waals surface area contributed by atoms with Crippen LogP contribution in [-0.2, 0) is 4.79 Å². The Morgan fingerprint density at radius 3 is 2.71 bits per heavy atom. The Labute approximate surface area is 86.9 Å². The molecule has 1 rings (SSSR count). The average molecular weight is 192 g/mol. The molecule has 1 nitrogen and oxygen atoms in total. The lowest BCUT2D eigenvalue weighted by atomic mass is 9.71. The van der Waals surface area contributed by atoms with E-state index in [-0.39, 0.29) is 11.2 Å². The molecular formula is C13H20O. The van der Waals surface area contributed by atoms with Crippen molar-refractivity contribution in [2.24, 2.45) is 11.3 Å². The molecule has 1 atom stereocenters. The normalized spacial score (nSPS) is 26.3. The lowest BCUT2D eigenvalue weighted by Crippen LogP contribution is -2.24. The van der Waals surface area contributed by atoms with Crippen LogP contribution in [0.5, 0.6) is 0 Å². The van der Waals surface area contributed by atoms with Gasteiger partial charge in [0.1, 0.15) is 0 Å². The van der Waals surface area contributed by atoms with Crippen LogP contribution in [0.25, 0.3) is 0 Å². The quantitative estimate of drug-likeness (QED) is 0.483. The van der Waals surface area contributed by atoms with Crippen LogP contribution in [0, 0.1) is 11.3 Å². The second-order valence-corrected chi connectivity index (χ2v) is 4.93. The number of carbonyl (C=O) groups is 1. The lowest BCUT2D eigenvalue weighted by Gasteiger charge is -2.34. The zero-order valence-electron chi connectivity index (χ0n) is 9.63. The van der Waals surface area contributed by atoms with Gasteiger partial charge in [-0.3, -0.25) is 4.79 Å². The Morgan fingerprint density at radius 1 is 1.57 bits per heavy atom. The number of allylic oxidation sites excluding steroid dienone is 4. The minimum absolute atomic E-state index is 0.145. The van der Waals surface area contributed by atoms with E-state index >= 15 is 0 Å². The van der Waals surface area contributed by atoms with E-state index in [0.29, 0.717) is 5.92 Å². The molecule has 0 amide bonds. The molecule has 1 unspecified atom stereocenters. The Morgan fingerprint density at radius 2 is 2.21 bits per heavy atom. The van der Waals surface area contributed by atoms with Gasteiger partial charge in [-0.05, 0) is 44.1 Å². The second kappa shape index (κ2) is 4.12. The monoisotopic (exact) mass is 192 g/mol. The largest absolute Gasteiger partial charge is 0.295 e. The fourth-order valence-electron chi connectivity index (χ4n) is 2.17. The van der Waals surface area contributed by atoms with Crippen LogP contribution in [0.4, 0.5) is 0 Å². The summed E-state index contributed by atoms with van der Waals surface area (Å²) in [5.74, 6) is 0.655. The highest BCUT2D eigenvalue weighted by Crippen LogP contribution is 2.39. The Bertz CT molecular complexity index is 282. The van der Waals surface area contributed by atoms with Gasteiger partial charge in [0.05, 0.1) is 0 Å². The van der Waals surface area contributed by atoms with Gasteiger partial charge in [0, 0.05) is 0 Å². The zero-order valence-corrected chi connectivity index (χ0v) is 9.63. The molecule has 78 valence electrons. The van der Waals surface area contributed by atoms with Crippen molar-refractivity contribution in [2.45, 2.75) is 40.5 Å². The van der Waals surface area contributed by atoms with Crippen molar-refractivity contribution >= 4 is 5.78 Å². The number of hydrogen-bond acceptors (Lipinski definition) is 1. The number of carbonyl (C=O) groups excluding carboxylic acids is 1. The molecule has 14 heavy (non-hydrogen) atoms. The molecule has 0 aromatic carbocycles. The van der Waals surface area contributed by atoms with Crippen LogP contribution in [0.15, 0.2) is 23.8 Å². The van der Waals surface area contributed by atoms with Crippen molar-refractivity contribution < 1.29 is 4.79 Å². The van der Waals surface area contributed by atoms with E-state index in [9.17, 15) is 4.79 Å². The molecule has 0 aromatic rings.